The standard InChI is InChI=1S/C22H18FN7O2/c1-11-19(28-10-27-11)30-22(32)29-12-2-3-14(17(23)8-12)13-4-5-15(20-24-6-7-25-20)18-16(13)9-26-21(18)31/h2-8,10H,9H2,1H3,(H,24,25)(H,26,31)(H,27,28)(H2,29,30,32). The Bertz CT molecular complexity index is 1340. The first kappa shape index (κ1) is 19.5. The largest absolute Gasteiger partial charge is 0.348 e. The molecule has 0 aliphatic carbocycles. The number of nitrogens with zero attached hydrogens (tertiary/aromatic N) is 2. The Hall–Kier alpha value is -4.47. The van der Waals surface area contributed by atoms with Crippen molar-refractivity contribution in [2.24, 2.45) is 0 Å². The maximum Gasteiger partial charge on any atom is 0.324 e. The molecule has 3 amide bonds. The molecule has 9 nitrogen and oxygen atoms in total. The summed E-state index contributed by atoms with van der Waals surface area (Å²) in [5, 5.41) is 7.99. The zero-order valence-electron chi connectivity index (χ0n) is 16.9. The van der Waals surface area contributed by atoms with Gasteiger partial charge in [0.1, 0.15) is 11.6 Å². The monoisotopic (exact) mass is 431 g/mol. The van der Waals surface area contributed by atoms with E-state index in [1.54, 1.807) is 43.6 Å². The number of aromatic nitrogens is 4. The van der Waals surface area contributed by atoms with Crippen LogP contribution in [0.1, 0.15) is 21.6 Å². The summed E-state index contributed by atoms with van der Waals surface area (Å²) in [5.74, 6) is 0.218. The third-order valence-electron chi connectivity index (χ3n) is 5.30. The molecular formula is C22H18FN7O2. The SMILES string of the molecule is Cc1[nH]cnc1NC(=O)Nc1ccc(-c2ccc(-c3ncc[nH]3)c3c2CNC3=O)c(F)c1. The summed E-state index contributed by atoms with van der Waals surface area (Å²) in [6, 6.07) is 7.41. The molecule has 1 aliphatic heterocycles. The number of amides is 3. The maximum atomic E-state index is 15.1. The molecule has 0 atom stereocenters. The molecule has 10 heteroatoms. The van der Waals surface area contributed by atoms with Gasteiger partial charge in [0.2, 0.25) is 0 Å². The number of benzene rings is 2. The van der Waals surface area contributed by atoms with Crippen LogP contribution in [0.25, 0.3) is 22.5 Å². The summed E-state index contributed by atoms with van der Waals surface area (Å²) in [7, 11) is 0. The van der Waals surface area contributed by atoms with E-state index in [1.165, 1.54) is 12.4 Å². The summed E-state index contributed by atoms with van der Waals surface area (Å²) < 4.78 is 15.1. The van der Waals surface area contributed by atoms with Gasteiger partial charge in [-0.2, -0.15) is 0 Å². The zero-order valence-corrected chi connectivity index (χ0v) is 16.9. The molecule has 0 saturated carbocycles. The van der Waals surface area contributed by atoms with Gasteiger partial charge in [0.25, 0.3) is 5.91 Å². The normalized spacial score (nSPS) is 12.4. The number of aromatic amines is 2. The lowest BCUT2D eigenvalue weighted by Crippen LogP contribution is -2.20. The van der Waals surface area contributed by atoms with Gasteiger partial charge in [0.15, 0.2) is 5.82 Å². The topological polar surface area (TPSA) is 128 Å². The molecular weight excluding hydrogens is 413 g/mol. The van der Waals surface area contributed by atoms with E-state index in [0.29, 0.717) is 51.7 Å². The Kier molecular flexibility index (Phi) is 4.66. The lowest BCUT2D eigenvalue weighted by atomic mass is 9.92. The number of urea groups is 1. The molecule has 5 N–H and O–H groups in total. The number of halogens is 1. The van der Waals surface area contributed by atoms with E-state index in [2.05, 4.69) is 35.9 Å². The molecule has 2 aromatic carbocycles. The van der Waals surface area contributed by atoms with Crippen LogP contribution in [0.3, 0.4) is 0 Å². The fourth-order valence-electron chi connectivity index (χ4n) is 3.78. The average Bonchev–Trinajstić information content (AvgIpc) is 3.51. The van der Waals surface area contributed by atoms with Crippen LogP contribution >= 0.6 is 0 Å². The van der Waals surface area contributed by atoms with Crippen LogP contribution in [0.5, 0.6) is 0 Å². The van der Waals surface area contributed by atoms with Gasteiger partial charge in [0.05, 0.1) is 17.6 Å². The van der Waals surface area contributed by atoms with Gasteiger partial charge in [0, 0.05) is 35.8 Å². The number of H-pyrrole nitrogens is 2. The Balaban J connectivity index is 1.44. The van der Waals surface area contributed by atoms with Crippen LogP contribution in [0, 0.1) is 12.7 Å². The number of hydrogen-bond acceptors (Lipinski definition) is 4. The van der Waals surface area contributed by atoms with Crippen molar-refractivity contribution in [3.63, 3.8) is 0 Å². The molecule has 32 heavy (non-hydrogen) atoms. The molecule has 0 unspecified atom stereocenters. The number of anilines is 2. The smallest absolute Gasteiger partial charge is 0.324 e. The predicted octanol–water partition coefficient (Wildman–Crippen LogP) is 3.80. The van der Waals surface area contributed by atoms with Gasteiger partial charge in [-0.15, -0.1) is 0 Å². The van der Waals surface area contributed by atoms with Crippen LogP contribution in [-0.2, 0) is 6.54 Å². The Morgan fingerprint density at radius 1 is 1.06 bits per heavy atom. The van der Waals surface area contributed by atoms with Crippen molar-refractivity contribution < 1.29 is 14.0 Å². The van der Waals surface area contributed by atoms with Gasteiger partial charge in [-0.25, -0.2) is 19.2 Å². The van der Waals surface area contributed by atoms with E-state index in [1.807, 2.05) is 0 Å². The van der Waals surface area contributed by atoms with Gasteiger partial charge < -0.3 is 20.6 Å². The van der Waals surface area contributed by atoms with Crippen molar-refractivity contribution >= 4 is 23.4 Å². The van der Waals surface area contributed by atoms with E-state index in [4.69, 9.17) is 0 Å². The quantitative estimate of drug-likeness (QED) is 0.337. The molecule has 1 aliphatic rings. The number of imidazole rings is 2. The van der Waals surface area contributed by atoms with Crippen molar-refractivity contribution in [1.29, 1.82) is 0 Å². The third kappa shape index (κ3) is 3.37. The Morgan fingerprint density at radius 2 is 1.88 bits per heavy atom. The van der Waals surface area contributed by atoms with Gasteiger partial charge in [-0.05, 0) is 42.3 Å². The highest BCUT2D eigenvalue weighted by Crippen LogP contribution is 2.36. The number of carbonyl (C=O) groups excluding carboxylic acids is 2. The number of aryl methyl sites for hydroxylation is 1. The van der Waals surface area contributed by atoms with E-state index in [0.717, 1.165) is 0 Å². The van der Waals surface area contributed by atoms with E-state index < -0.39 is 11.8 Å². The lowest BCUT2D eigenvalue weighted by molar-refractivity contribution is 0.0966. The fourth-order valence-corrected chi connectivity index (χ4v) is 3.78. The first-order chi connectivity index (χ1) is 15.5. The highest BCUT2D eigenvalue weighted by Gasteiger charge is 2.28. The van der Waals surface area contributed by atoms with Crippen molar-refractivity contribution in [1.82, 2.24) is 25.3 Å². The summed E-state index contributed by atoms with van der Waals surface area (Å²) >= 11 is 0. The second kappa shape index (κ2) is 7.65. The second-order valence-electron chi connectivity index (χ2n) is 7.28. The summed E-state index contributed by atoms with van der Waals surface area (Å²) in [5.41, 5.74) is 3.77. The minimum absolute atomic E-state index is 0.225. The van der Waals surface area contributed by atoms with Crippen molar-refractivity contribution in [2.45, 2.75) is 13.5 Å². The molecule has 0 fully saturated rings. The minimum atomic E-state index is -0.536. The number of fused-ring (bicyclic) bond motifs is 1. The molecule has 4 aromatic rings. The number of nitrogens with one attached hydrogen (secondary N) is 5. The van der Waals surface area contributed by atoms with Crippen molar-refractivity contribution in [3.05, 3.63) is 71.7 Å². The number of hydrogen-bond donors (Lipinski definition) is 5. The zero-order chi connectivity index (χ0) is 22.2. The highest BCUT2D eigenvalue weighted by molar-refractivity contribution is 6.06. The molecule has 160 valence electrons. The molecule has 3 heterocycles. The molecule has 0 radical (unpaired) electrons. The van der Waals surface area contributed by atoms with E-state index >= 15 is 4.39 Å². The van der Waals surface area contributed by atoms with E-state index in [-0.39, 0.29) is 11.6 Å². The van der Waals surface area contributed by atoms with Gasteiger partial charge in [-0.1, -0.05) is 6.07 Å². The van der Waals surface area contributed by atoms with Crippen LogP contribution in [0.4, 0.5) is 20.7 Å². The number of rotatable bonds is 4. The second-order valence-corrected chi connectivity index (χ2v) is 7.28. The lowest BCUT2D eigenvalue weighted by Gasteiger charge is -2.13. The Labute approximate surface area is 181 Å². The van der Waals surface area contributed by atoms with Gasteiger partial charge >= 0.3 is 6.03 Å². The van der Waals surface area contributed by atoms with Crippen molar-refractivity contribution in [3.8, 4) is 22.5 Å². The predicted molar refractivity (Wildman–Crippen MR) is 117 cm³/mol. The summed E-state index contributed by atoms with van der Waals surface area (Å²) in [6.07, 6.45) is 4.75. The highest BCUT2D eigenvalue weighted by atomic mass is 19.1. The molecule has 2 aromatic heterocycles. The van der Waals surface area contributed by atoms with Crippen LogP contribution in [-0.4, -0.2) is 31.9 Å². The first-order valence-electron chi connectivity index (χ1n) is 9.83. The average molecular weight is 431 g/mol. The summed E-state index contributed by atoms with van der Waals surface area (Å²) in [4.78, 5) is 38.7. The molecule has 5 rings (SSSR count). The van der Waals surface area contributed by atoms with Crippen LogP contribution in [0.15, 0.2) is 49.1 Å². The molecule has 0 bridgehead atoms. The third-order valence-corrected chi connectivity index (χ3v) is 5.30. The van der Waals surface area contributed by atoms with Crippen molar-refractivity contribution in [2.75, 3.05) is 10.6 Å². The minimum Gasteiger partial charge on any atom is -0.348 e. The van der Waals surface area contributed by atoms with E-state index in [9.17, 15) is 9.59 Å². The Morgan fingerprint density at radius 3 is 2.59 bits per heavy atom. The van der Waals surface area contributed by atoms with Gasteiger partial charge in [-0.3, -0.25) is 10.1 Å². The molecule has 0 spiro atoms. The fraction of sp³-hybridized carbons (Fsp3) is 0.0909. The molecule has 0 saturated heterocycles. The first-order valence-corrected chi connectivity index (χ1v) is 9.83. The summed E-state index contributed by atoms with van der Waals surface area (Å²) in [6.45, 7) is 2.06. The van der Waals surface area contributed by atoms with Crippen LogP contribution in [0.2, 0.25) is 0 Å². The van der Waals surface area contributed by atoms with Crippen LogP contribution < -0.4 is 16.0 Å². The number of carbonyl (C=O) groups is 2. The maximum absolute atomic E-state index is 15.1.